The van der Waals surface area contributed by atoms with Gasteiger partial charge in [0.05, 0.1) is 5.92 Å². The number of aliphatic carboxylic acids is 1. The molecule has 1 aromatic heterocycles. The van der Waals surface area contributed by atoms with Crippen LogP contribution in [-0.4, -0.2) is 29.1 Å². The molecule has 1 aliphatic heterocycles. The lowest BCUT2D eigenvalue weighted by Crippen LogP contribution is -2.22. The first-order valence-electron chi connectivity index (χ1n) is 5.79. The summed E-state index contributed by atoms with van der Waals surface area (Å²) in [6, 6.07) is 8.23. The number of nitrogens with zero attached hydrogens (tertiary/aromatic N) is 1. The van der Waals surface area contributed by atoms with E-state index in [-0.39, 0.29) is 5.92 Å². The summed E-state index contributed by atoms with van der Waals surface area (Å²) < 4.78 is 0. The van der Waals surface area contributed by atoms with E-state index in [0.29, 0.717) is 6.54 Å². The van der Waals surface area contributed by atoms with Gasteiger partial charge in [-0.25, -0.2) is 0 Å². The van der Waals surface area contributed by atoms with Gasteiger partial charge in [0.2, 0.25) is 0 Å². The molecule has 0 saturated carbocycles. The van der Waals surface area contributed by atoms with E-state index in [0.717, 1.165) is 24.2 Å². The van der Waals surface area contributed by atoms with Crippen molar-refractivity contribution in [2.45, 2.75) is 6.42 Å². The number of benzene rings is 1. The summed E-state index contributed by atoms with van der Waals surface area (Å²) in [4.78, 5) is 16.2. The van der Waals surface area contributed by atoms with Crippen molar-refractivity contribution < 1.29 is 9.90 Å². The van der Waals surface area contributed by atoms with Crippen molar-refractivity contribution in [2.24, 2.45) is 5.92 Å². The van der Waals surface area contributed by atoms with Gasteiger partial charge >= 0.3 is 5.97 Å². The number of aromatic amines is 1. The highest BCUT2D eigenvalue weighted by Gasteiger charge is 2.28. The average molecular weight is 230 g/mol. The third kappa shape index (κ3) is 1.75. The van der Waals surface area contributed by atoms with E-state index in [9.17, 15) is 4.79 Å². The number of fused-ring (bicyclic) bond motifs is 1. The number of rotatable bonds is 2. The van der Waals surface area contributed by atoms with Crippen LogP contribution < -0.4 is 4.90 Å². The van der Waals surface area contributed by atoms with Gasteiger partial charge in [0.15, 0.2) is 0 Å². The maximum absolute atomic E-state index is 10.9. The van der Waals surface area contributed by atoms with E-state index in [1.807, 2.05) is 12.3 Å². The van der Waals surface area contributed by atoms with Crippen LogP contribution >= 0.6 is 0 Å². The molecule has 0 bridgehead atoms. The van der Waals surface area contributed by atoms with Gasteiger partial charge < -0.3 is 15.0 Å². The standard InChI is InChI=1S/C13H14N2O2/c16-13(17)10-4-6-15(8-10)11-2-1-9-3-5-14-12(9)7-11/h1-3,5,7,10,14H,4,6,8H2,(H,16,17). The Bertz CT molecular complexity index is 561. The highest BCUT2D eigenvalue weighted by Crippen LogP contribution is 2.26. The Morgan fingerprint density at radius 1 is 1.41 bits per heavy atom. The summed E-state index contributed by atoms with van der Waals surface area (Å²) in [5.41, 5.74) is 2.20. The third-order valence-electron chi connectivity index (χ3n) is 3.44. The zero-order valence-electron chi connectivity index (χ0n) is 9.39. The summed E-state index contributed by atoms with van der Waals surface area (Å²) in [6.45, 7) is 1.44. The highest BCUT2D eigenvalue weighted by molar-refractivity contribution is 5.83. The van der Waals surface area contributed by atoms with Gasteiger partial charge in [0, 0.05) is 30.5 Å². The fourth-order valence-corrected chi connectivity index (χ4v) is 2.43. The van der Waals surface area contributed by atoms with E-state index >= 15 is 0 Å². The van der Waals surface area contributed by atoms with Crippen molar-refractivity contribution >= 4 is 22.6 Å². The number of carboxylic acid groups (broad SMARTS) is 1. The average Bonchev–Trinajstić information content (AvgIpc) is 2.97. The van der Waals surface area contributed by atoms with Crippen molar-refractivity contribution in [1.29, 1.82) is 0 Å². The molecule has 0 amide bonds. The van der Waals surface area contributed by atoms with Crippen LogP contribution in [0.5, 0.6) is 0 Å². The number of anilines is 1. The molecule has 4 heteroatoms. The van der Waals surface area contributed by atoms with E-state index in [1.165, 1.54) is 5.39 Å². The minimum absolute atomic E-state index is 0.227. The maximum Gasteiger partial charge on any atom is 0.308 e. The largest absolute Gasteiger partial charge is 0.481 e. The zero-order valence-corrected chi connectivity index (χ0v) is 9.39. The number of hydrogen-bond acceptors (Lipinski definition) is 2. The molecular formula is C13H14N2O2. The van der Waals surface area contributed by atoms with E-state index < -0.39 is 5.97 Å². The van der Waals surface area contributed by atoms with Crippen molar-refractivity contribution in [3.63, 3.8) is 0 Å². The topological polar surface area (TPSA) is 56.3 Å². The van der Waals surface area contributed by atoms with Crippen LogP contribution in [0.15, 0.2) is 30.5 Å². The van der Waals surface area contributed by atoms with Crippen molar-refractivity contribution in [3.05, 3.63) is 30.5 Å². The number of carbonyl (C=O) groups is 1. The molecule has 2 N–H and O–H groups in total. The Balaban J connectivity index is 1.87. The van der Waals surface area contributed by atoms with Crippen molar-refractivity contribution in [1.82, 2.24) is 4.98 Å². The highest BCUT2D eigenvalue weighted by atomic mass is 16.4. The molecular weight excluding hydrogens is 216 g/mol. The molecule has 88 valence electrons. The minimum Gasteiger partial charge on any atom is -0.481 e. The molecule has 0 radical (unpaired) electrons. The van der Waals surface area contributed by atoms with Crippen LogP contribution in [0.2, 0.25) is 0 Å². The van der Waals surface area contributed by atoms with Crippen LogP contribution in [0.3, 0.4) is 0 Å². The second-order valence-electron chi connectivity index (χ2n) is 4.52. The number of carboxylic acids is 1. The third-order valence-corrected chi connectivity index (χ3v) is 3.44. The van der Waals surface area contributed by atoms with Crippen LogP contribution in [0.4, 0.5) is 5.69 Å². The Kier molecular flexibility index (Phi) is 2.28. The second-order valence-corrected chi connectivity index (χ2v) is 4.52. The van der Waals surface area contributed by atoms with E-state index in [4.69, 9.17) is 5.11 Å². The Morgan fingerprint density at radius 2 is 2.29 bits per heavy atom. The fraction of sp³-hybridized carbons (Fsp3) is 0.308. The first-order valence-corrected chi connectivity index (χ1v) is 5.79. The van der Waals surface area contributed by atoms with Gasteiger partial charge in [0.1, 0.15) is 0 Å². The van der Waals surface area contributed by atoms with Gasteiger partial charge in [-0.15, -0.1) is 0 Å². The van der Waals surface area contributed by atoms with Gasteiger partial charge in [-0.2, -0.15) is 0 Å². The molecule has 4 nitrogen and oxygen atoms in total. The SMILES string of the molecule is O=C(O)C1CCN(c2ccc3cc[nH]c3c2)C1. The normalized spacial score (nSPS) is 20.0. The Labute approximate surface area is 98.9 Å². The molecule has 1 atom stereocenters. The number of aromatic nitrogens is 1. The van der Waals surface area contributed by atoms with Gasteiger partial charge in [-0.3, -0.25) is 4.79 Å². The summed E-state index contributed by atoms with van der Waals surface area (Å²) in [6.07, 6.45) is 2.65. The maximum atomic E-state index is 10.9. The molecule has 2 heterocycles. The lowest BCUT2D eigenvalue weighted by Gasteiger charge is -2.18. The quantitative estimate of drug-likeness (QED) is 0.830. The number of hydrogen-bond donors (Lipinski definition) is 2. The molecule has 1 fully saturated rings. The fourth-order valence-electron chi connectivity index (χ4n) is 2.43. The molecule has 3 rings (SSSR count). The summed E-state index contributed by atoms with van der Waals surface area (Å²) in [7, 11) is 0. The van der Waals surface area contributed by atoms with Crippen LogP contribution in [-0.2, 0) is 4.79 Å². The van der Waals surface area contributed by atoms with E-state index in [2.05, 4.69) is 28.1 Å². The summed E-state index contributed by atoms with van der Waals surface area (Å²) in [5.74, 6) is -0.914. The molecule has 17 heavy (non-hydrogen) atoms. The Hall–Kier alpha value is -1.97. The van der Waals surface area contributed by atoms with Crippen molar-refractivity contribution in [2.75, 3.05) is 18.0 Å². The lowest BCUT2D eigenvalue weighted by atomic mass is 10.1. The number of nitrogens with one attached hydrogen (secondary N) is 1. The predicted octanol–water partition coefficient (Wildman–Crippen LogP) is 2.08. The molecule has 1 aromatic carbocycles. The minimum atomic E-state index is -0.687. The molecule has 1 aliphatic rings. The lowest BCUT2D eigenvalue weighted by molar-refractivity contribution is -0.140. The van der Waals surface area contributed by atoms with E-state index in [1.54, 1.807) is 0 Å². The van der Waals surface area contributed by atoms with Gasteiger partial charge in [-0.1, -0.05) is 6.07 Å². The zero-order chi connectivity index (χ0) is 11.8. The van der Waals surface area contributed by atoms with Crippen LogP contribution in [0.1, 0.15) is 6.42 Å². The molecule has 1 unspecified atom stereocenters. The Morgan fingerprint density at radius 3 is 3.06 bits per heavy atom. The monoisotopic (exact) mass is 230 g/mol. The first kappa shape index (κ1) is 10.2. The second kappa shape index (κ2) is 3.80. The summed E-state index contributed by atoms with van der Waals surface area (Å²) >= 11 is 0. The van der Waals surface area contributed by atoms with Crippen LogP contribution in [0.25, 0.3) is 10.9 Å². The molecule has 1 saturated heterocycles. The van der Waals surface area contributed by atoms with Crippen LogP contribution in [0, 0.1) is 5.92 Å². The van der Waals surface area contributed by atoms with Gasteiger partial charge in [-0.05, 0) is 30.0 Å². The molecule has 0 aliphatic carbocycles. The summed E-state index contributed by atoms with van der Waals surface area (Å²) in [5, 5.41) is 10.2. The molecule has 2 aromatic rings. The predicted molar refractivity (Wildman–Crippen MR) is 66.3 cm³/mol. The smallest absolute Gasteiger partial charge is 0.308 e. The van der Waals surface area contributed by atoms with Gasteiger partial charge in [0.25, 0.3) is 0 Å². The van der Waals surface area contributed by atoms with Crippen molar-refractivity contribution in [3.8, 4) is 0 Å². The number of H-pyrrole nitrogens is 1. The first-order chi connectivity index (χ1) is 8.24. The molecule has 0 spiro atoms.